The lowest BCUT2D eigenvalue weighted by Crippen LogP contribution is -1.86. The zero-order valence-electron chi connectivity index (χ0n) is 8.92. The summed E-state index contributed by atoms with van der Waals surface area (Å²) in [6, 6.07) is 10.0. The van der Waals surface area contributed by atoms with Crippen LogP contribution in [0, 0.1) is 4.64 Å². The summed E-state index contributed by atoms with van der Waals surface area (Å²) in [6.07, 6.45) is 5.43. The molecule has 3 aromatic rings. The summed E-state index contributed by atoms with van der Waals surface area (Å²) in [6.45, 7) is 0. The van der Waals surface area contributed by atoms with Crippen LogP contribution in [0.1, 0.15) is 0 Å². The number of nitrogens with zero attached hydrogens (tertiary/aromatic N) is 2. The van der Waals surface area contributed by atoms with E-state index in [0.29, 0.717) is 4.64 Å². The number of benzene rings is 1. The minimum Gasteiger partial charge on any atom is -0.268 e. The van der Waals surface area contributed by atoms with Crippen molar-refractivity contribution in [2.75, 3.05) is 0 Å². The molecule has 0 aliphatic heterocycles. The highest BCUT2D eigenvalue weighted by Crippen LogP contribution is 2.27. The van der Waals surface area contributed by atoms with Crippen LogP contribution in [0.25, 0.3) is 21.9 Å². The second-order valence-electron chi connectivity index (χ2n) is 3.74. The van der Waals surface area contributed by atoms with Gasteiger partial charge in [0, 0.05) is 23.3 Å². The minimum absolute atomic E-state index is 0.633. The molecular formula is C13H9N3S. The van der Waals surface area contributed by atoms with Crippen molar-refractivity contribution in [1.82, 2.24) is 15.2 Å². The van der Waals surface area contributed by atoms with Crippen molar-refractivity contribution in [2.24, 2.45) is 0 Å². The van der Waals surface area contributed by atoms with E-state index in [9.17, 15) is 0 Å². The van der Waals surface area contributed by atoms with Gasteiger partial charge in [0.15, 0.2) is 0 Å². The third kappa shape index (κ3) is 1.83. The molecule has 82 valence electrons. The van der Waals surface area contributed by atoms with Crippen molar-refractivity contribution >= 4 is 23.0 Å². The highest BCUT2D eigenvalue weighted by molar-refractivity contribution is 7.71. The molecule has 3 rings (SSSR count). The smallest absolute Gasteiger partial charge is 0.120 e. The maximum atomic E-state index is 5.09. The molecule has 0 unspecified atom stereocenters. The number of hydrogen-bond donors (Lipinski definition) is 1. The standard InChI is InChI=1S/C13H9N3S/c17-13-6-10(8-15-16-13)11-3-1-2-9-7-14-5-4-12(9)11/h1-8H,(H,16,17). The van der Waals surface area contributed by atoms with E-state index in [1.54, 1.807) is 12.4 Å². The SMILES string of the molecule is S=c1cc(-c2cccc3cnccc23)cn[nH]1. The lowest BCUT2D eigenvalue weighted by Gasteiger charge is -2.05. The van der Waals surface area contributed by atoms with Gasteiger partial charge in [-0.05, 0) is 23.1 Å². The van der Waals surface area contributed by atoms with Gasteiger partial charge < -0.3 is 0 Å². The average Bonchev–Trinajstić information content (AvgIpc) is 2.38. The molecule has 0 bridgehead atoms. The number of hydrogen-bond acceptors (Lipinski definition) is 3. The van der Waals surface area contributed by atoms with Crippen LogP contribution in [0.5, 0.6) is 0 Å². The van der Waals surface area contributed by atoms with Crippen LogP contribution < -0.4 is 0 Å². The summed E-state index contributed by atoms with van der Waals surface area (Å²) in [4.78, 5) is 4.12. The van der Waals surface area contributed by atoms with Crippen molar-refractivity contribution in [1.29, 1.82) is 0 Å². The largest absolute Gasteiger partial charge is 0.268 e. The van der Waals surface area contributed by atoms with E-state index >= 15 is 0 Å². The van der Waals surface area contributed by atoms with Crippen molar-refractivity contribution in [3.05, 3.63) is 53.6 Å². The Kier molecular flexibility index (Phi) is 2.42. The van der Waals surface area contributed by atoms with Crippen LogP contribution >= 0.6 is 12.2 Å². The Morgan fingerprint density at radius 3 is 2.94 bits per heavy atom. The highest BCUT2D eigenvalue weighted by atomic mass is 32.1. The molecule has 0 aliphatic carbocycles. The lowest BCUT2D eigenvalue weighted by molar-refractivity contribution is 1.02. The number of rotatable bonds is 1. The molecule has 0 fully saturated rings. The second-order valence-corrected chi connectivity index (χ2v) is 4.18. The van der Waals surface area contributed by atoms with E-state index in [4.69, 9.17) is 12.2 Å². The van der Waals surface area contributed by atoms with Crippen LogP contribution in [0.3, 0.4) is 0 Å². The molecule has 4 heteroatoms. The monoisotopic (exact) mass is 239 g/mol. The predicted octanol–water partition coefficient (Wildman–Crippen LogP) is 3.35. The van der Waals surface area contributed by atoms with E-state index in [1.807, 2.05) is 30.5 Å². The molecule has 0 atom stereocenters. The van der Waals surface area contributed by atoms with Gasteiger partial charge in [-0.1, -0.05) is 30.4 Å². The van der Waals surface area contributed by atoms with Crippen LogP contribution in [0.4, 0.5) is 0 Å². The van der Waals surface area contributed by atoms with Crippen LogP contribution in [0.15, 0.2) is 48.9 Å². The first-order valence-electron chi connectivity index (χ1n) is 5.22. The van der Waals surface area contributed by atoms with Gasteiger partial charge in [0.05, 0.1) is 6.20 Å². The van der Waals surface area contributed by atoms with Crippen LogP contribution in [0.2, 0.25) is 0 Å². The third-order valence-corrected chi connectivity index (χ3v) is 2.87. The van der Waals surface area contributed by atoms with Gasteiger partial charge in [0.1, 0.15) is 4.64 Å². The van der Waals surface area contributed by atoms with Gasteiger partial charge in [0.25, 0.3) is 0 Å². The Morgan fingerprint density at radius 1 is 1.12 bits per heavy atom. The number of nitrogens with one attached hydrogen (secondary N) is 1. The first-order chi connectivity index (χ1) is 8.34. The fourth-order valence-corrected chi connectivity index (χ4v) is 2.08. The Labute approximate surface area is 103 Å². The molecule has 0 radical (unpaired) electrons. The molecule has 1 N–H and O–H groups in total. The fourth-order valence-electron chi connectivity index (χ4n) is 1.90. The van der Waals surface area contributed by atoms with E-state index in [1.165, 1.54) is 0 Å². The molecule has 3 nitrogen and oxygen atoms in total. The summed E-state index contributed by atoms with van der Waals surface area (Å²) in [5.41, 5.74) is 2.14. The summed E-state index contributed by atoms with van der Waals surface area (Å²) in [5.74, 6) is 0. The molecule has 0 saturated carbocycles. The van der Waals surface area contributed by atoms with Crippen LogP contribution in [-0.4, -0.2) is 15.2 Å². The molecular weight excluding hydrogens is 230 g/mol. The molecule has 0 spiro atoms. The molecule has 1 aromatic carbocycles. The normalized spacial score (nSPS) is 10.6. The van der Waals surface area contributed by atoms with Crippen molar-refractivity contribution < 1.29 is 0 Å². The average molecular weight is 239 g/mol. The third-order valence-electron chi connectivity index (χ3n) is 2.66. The summed E-state index contributed by atoms with van der Waals surface area (Å²) in [5, 5.41) is 9.04. The minimum atomic E-state index is 0.633. The lowest BCUT2D eigenvalue weighted by atomic mass is 10.0. The number of aromatic amines is 1. The molecule has 0 saturated heterocycles. The summed E-state index contributed by atoms with van der Waals surface area (Å²) < 4.78 is 0.633. The topological polar surface area (TPSA) is 41.6 Å². The van der Waals surface area contributed by atoms with Gasteiger partial charge in [-0.15, -0.1) is 0 Å². The van der Waals surface area contributed by atoms with Crippen molar-refractivity contribution in [3.8, 4) is 11.1 Å². The Hall–Kier alpha value is -2.07. The number of H-pyrrole nitrogens is 1. The van der Waals surface area contributed by atoms with Gasteiger partial charge in [0.2, 0.25) is 0 Å². The summed E-state index contributed by atoms with van der Waals surface area (Å²) >= 11 is 5.09. The number of fused-ring (bicyclic) bond motifs is 1. The van der Waals surface area contributed by atoms with E-state index in [0.717, 1.165) is 21.9 Å². The first kappa shape index (κ1) is 10.1. The van der Waals surface area contributed by atoms with Crippen molar-refractivity contribution in [3.63, 3.8) is 0 Å². The first-order valence-corrected chi connectivity index (χ1v) is 5.63. The molecule has 2 aromatic heterocycles. The molecule has 17 heavy (non-hydrogen) atoms. The number of aromatic nitrogens is 3. The zero-order valence-corrected chi connectivity index (χ0v) is 9.74. The van der Waals surface area contributed by atoms with Crippen molar-refractivity contribution in [2.45, 2.75) is 0 Å². The highest BCUT2D eigenvalue weighted by Gasteiger charge is 2.03. The Morgan fingerprint density at radius 2 is 2.06 bits per heavy atom. The molecule has 2 heterocycles. The van der Waals surface area contributed by atoms with E-state index < -0.39 is 0 Å². The maximum absolute atomic E-state index is 5.09. The maximum Gasteiger partial charge on any atom is 0.120 e. The van der Waals surface area contributed by atoms with E-state index in [-0.39, 0.29) is 0 Å². The second kappa shape index (κ2) is 4.07. The van der Waals surface area contributed by atoms with Gasteiger partial charge >= 0.3 is 0 Å². The van der Waals surface area contributed by atoms with E-state index in [2.05, 4.69) is 21.2 Å². The Balaban J connectivity index is 2.34. The fraction of sp³-hybridized carbons (Fsp3) is 0. The summed E-state index contributed by atoms with van der Waals surface area (Å²) in [7, 11) is 0. The number of pyridine rings is 1. The van der Waals surface area contributed by atoms with Gasteiger partial charge in [-0.25, -0.2) is 0 Å². The van der Waals surface area contributed by atoms with Gasteiger partial charge in [-0.3, -0.25) is 10.1 Å². The van der Waals surface area contributed by atoms with Gasteiger partial charge in [-0.2, -0.15) is 5.10 Å². The molecule has 0 amide bonds. The molecule has 0 aliphatic rings. The quantitative estimate of drug-likeness (QED) is 0.662. The predicted molar refractivity (Wildman–Crippen MR) is 70.2 cm³/mol. The zero-order chi connectivity index (χ0) is 11.7. The van der Waals surface area contributed by atoms with Crippen LogP contribution in [-0.2, 0) is 0 Å². The Bertz CT molecular complexity index is 728.